The van der Waals surface area contributed by atoms with Gasteiger partial charge in [0.2, 0.25) is 0 Å². The smallest absolute Gasteiger partial charge is 0.274 e. The maximum absolute atomic E-state index is 11.6. The molecule has 1 rings (SSSR count). The van der Waals surface area contributed by atoms with E-state index in [0.29, 0.717) is 25.3 Å². The molecule has 0 aliphatic rings. The molecule has 0 aliphatic heterocycles. The van der Waals surface area contributed by atoms with Crippen LogP contribution < -0.4 is 11.2 Å². The first-order chi connectivity index (χ1) is 8.27. The SMILES string of the molecule is COCCONC(=O)c1ccc(CCN)cc1. The third-order valence-corrected chi connectivity index (χ3v) is 2.20. The Hall–Kier alpha value is -1.43. The Morgan fingerprint density at radius 3 is 2.59 bits per heavy atom. The van der Waals surface area contributed by atoms with Gasteiger partial charge in [0.1, 0.15) is 0 Å². The minimum Gasteiger partial charge on any atom is -0.382 e. The summed E-state index contributed by atoms with van der Waals surface area (Å²) in [5.74, 6) is -0.264. The number of carbonyl (C=O) groups is 1. The molecule has 5 heteroatoms. The molecule has 0 saturated carbocycles. The number of carbonyl (C=O) groups excluding carboxylic acids is 1. The van der Waals surface area contributed by atoms with Crippen LogP contribution in [0.5, 0.6) is 0 Å². The van der Waals surface area contributed by atoms with Crippen LogP contribution in [0.2, 0.25) is 0 Å². The van der Waals surface area contributed by atoms with E-state index in [-0.39, 0.29) is 5.91 Å². The van der Waals surface area contributed by atoms with Gasteiger partial charge in [-0.05, 0) is 30.7 Å². The number of methoxy groups -OCH3 is 1. The molecule has 1 aromatic carbocycles. The Morgan fingerprint density at radius 1 is 1.29 bits per heavy atom. The third-order valence-electron chi connectivity index (χ3n) is 2.20. The number of benzene rings is 1. The lowest BCUT2D eigenvalue weighted by Crippen LogP contribution is -2.25. The first kappa shape index (κ1) is 13.6. The van der Waals surface area contributed by atoms with Gasteiger partial charge in [-0.3, -0.25) is 9.63 Å². The van der Waals surface area contributed by atoms with Crippen LogP contribution in [0.25, 0.3) is 0 Å². The highest BCUT2D eigenvalue weighted by atomic mass is 16.7. The van der Waals surface area contributed by atoms with Crippen molar-refractivity contribution >= 4 is 5.91 Å². The minimum absolute atomic E-state index is 0.264. The van der Waals surface area contributed by atoms with Gasteiger partial charge in [0, 0.05) is 12.7 Å². The normalized spacial score (nSPS) is 10.2. The second kappa shape index (κ2) is 7.78. The molecule has 0 saturated heterocycles. The van der Waals surface area contributed by atoms with Crippen molar-refractivity contribution in [2.75, 3.05) is 26.9 Å². The summed E-state index contributed by atoms with van der Waals surface area (Å²) in [6, 6.07) is 7.27. The number of nitrogens with one attached hydrogen (secondary N) is 1. The zero-order valence-corrected chi connectivity index (χ0v) is 9.94. The second-order valence-electron chi connectivity index (χ2n) is 3.51. The predicted molar refractivity (Wildman–Crippen MR) is 64.5 cm³/mol. The minimum atomic E-state index is -0.264. The van der Waals surface area contributed by atoms with E-state index in [1.807, 2.05) is 12.1 Å². The zero-order chi connectivity index (χ0) is 12.5. The molecule has 0 spiro atoms. The van der Waals surface area contributed by atoms with Gasteiger partial charge in [0.05, 0.1) is 13.2 Å². The van der Waals surface area contributed by atoms with Crippen molar-refractivity contribution in [1.29, 1.82) is 0 Å². The highest BCUT2D eigenvalue weighted by Crippen LogP contribution is 2.04. The second-order valence-corrected chi connectivity index (χ2v) is 3.51. The van der Waals surface area contributed by atoms with E-state index in [1.165, 1.54) is 0 Å². The zero-order valence-electron chi connectivity index (χ0n) is 9.94. The maximum atomic E-state index is 11.6. The number of ether oxygens (including phenoxy) is 1. The fourth-order valence-electron chi connectivity index (χ4n) is 1.29. The lowest BCUT2D eigenvalue weighted by atomic mass is 10.1. The van der Waals surface area contributed by atoms with Crippen molar-refractivity contribution in [3.05, 3.63) is 35.4 Å². The molecule has 0 heterocycles. The van der Waals surface area contributed by atoms with E-state index in [4.69, 9.17) is 15.3 Å². The van der Waals surface area contributed by atoms with E-state index in [1.54, 1.807) is 19.2 Å². The van der Waals surface area contributed by atoms with Crippen molar-refractivity contribution in [3.8, 4) is 0 Å². The maximum Gasteiger partial charge on any atom is 0.274 e. The van der Waals surface area contributed by atoms with Crippen LogP contribution in [0, 0.1) is 0 Å². The Balaban J connectivity index is 2.40. The first-order valence-electron chi connectivity index (χ1n) is 5.48. The quantitative estimate of drug-likeness (QED) is 0.536. The molecule has 1 aromatic rings. The van der Waals surface area contributed by atoms with Crippen molar-refractivity contribution in [2.24, 2.45) is 5.73 Å². The lowest BCUT2D eigenvalue weighted by molar-refractivity contribution is 0.00889. The predicted octanol–water partition coefficient (Wildman–Crippen LogP) is 0.496. The fraction of sp³-hybridized carbons (Fsp3) is 0.417. The summed E-state index contributed by atoms with van der Waals surface area (Å²) < 4.78 is 4.78. The molecular weight excluding hydrogens is 220 g/mol. The molecule has 0 aromatic heterocycles. The number of hydrogen-bond donors (Lipinski definition) is 2. The van der Waals surface area contributed by atoms with Crippen LogP contribution in [0.3, 0.4) is 0 Å². The van der Waals surface area contributed by atoms with Crippen LogP contribution >= 0.6 is 0 Å². The number of hydroxylamine groups is 1. The fourth-order valence-corrected chi connectivity index (χ4v) is 1.29. The topological polar surface area (TPSA) is 73.6 Å². The Bertz CT molecular complexity index is 338. The van der Waals surface area contributed by atoms with Crippen LogP contribution in [0.4, 0.5) is 0 Å². The Labute approximate surface area is 101 Å². The number of hydrogen-bond acceptors (Lipinski definition) is 4. The molecule has 17 heavy (non-hydrogen) atoms. The summed E-state index contributed by atoms with van der Waals surface area (Å²) in [6.45, 7) is 1.37. The average molecular weight is 238 g/mol. The van der Waals surface area contributed by atoms with Crippen LogP contribution in [-0.2, 0) is 16.0 Å². The summed E-state index contributed by atoms with van der Waals surface area (Å²) >= 11 is 0. The summed E-state index contributed by atoms with van der Waals surface area (Å²) in [4.78, 5) is 16.5. The van der Waals surface area contributed by atoms with E-state index in [0.717, 1.165) is 12.0 Å². The van der Waals surface area contributed by atoms with Gasteiger partial charge in [-0.1, -0.05) is 12.1 Å². The molecule has 1 amide bonds. The van der Waals surface area contributed by atoms with Crippen molar-refractivity contribution in [3.63, 3.8) is 0 Å². The van der Waals surface area contributed by atoms with E-state index in [2.05, 4.69) is 5.48 Å². The number of rotatable bonds is 7. The third kappa shape index (κ3) is 4.95. The van der Waals surface area contributed by atoms with Gasteiger partial charge >= 0.3 is 0 Å². The Kier molecular flexibility index (Phi) is 6.24. The van der Waals surface area contributed by atoms with Gasteiger partial charge in [-0.2, -0.15) is 0 Å². The summed E-state index contributed by atoms with van der Waals surface area (Å²) in [5.41, 5.74) is 9.46. The summed E-state index contributed by atoms with van der Waals surface area (Å²) in [5, 5.41) is 0. The summed E-state index contributed by atoms with van der Waals surface area (Å²) in [7, 11) is 1.57. The monoisotopic (exact) mass is 238 g/mol. The van der Waals surface area contributed by atoms with Crippen molar-refractivity contribution < 1.29 is 14.4 Å². The van der Waals surface area contributed by atoms with Crippen LogP contribution in [0.1, 0.15) is 15.9 Å². The summed E-state index contributed by atoms with van der Waals surface area (Å²) in [6.07, 6.45) is 0.812. The molecule has 5 nitrogen and oxygen atoms in total. The van der Waals surface area contributed by atoms with Crippen molar-refractivity contribution in [2.45, 2.75) is 6.42 Å². The highest BCUT2D eigenvalue weighted by molar-refractivity contribution is 5.93. The highest BCUT2D eigenvalue weighted by Gasteiger charge is 2.04. The van der Waals surface area contributed by atoms with Crippen molar-refractivity contribution in [1.82, 2.24) is 5.48 Å². The first-order valence-corrected chi connectivity index (χ1v) is 5.48. The van der Waals surface area contributed by atoms with Crippen LogP contribution in [-0.4, -0.2) is 32.8 Å². The molecule has 0 unspecified atom stereocenters. The molecule has 3 N–H and O–H groups in total. The van der Waals surface area contributed by atoms with Gasteiger partial charge in [0.25, 0.3) is 5.91 Å². The van der Waals surface area contributed by atoms with Crippen LogP contribution in [0.15, 0.2) is 24.3 Å². The standard InChI is InChI=1S/C12H18N2O3/c1-16-8-9-17-14-12(15)11-4-2-10(3-5-11)6-7-13/h2-5H,6-9,13H2,1H3,(H,14,15). The van der Waals surface area contributed by atoms with E-state index in [9.17, 15) is 4.79 Å². The van der Waals surface area contributed by atoms with Gasteiger partial charge in [-0.15, -0.1) is 0 Å². The molecule has 0 bridgehead atoms. The van der Waals surface area contributed by atoms with E-state index < -0.39 is 0 Å². The molecule has 0 aliphatic carbocycles. The van der Waals surface area contributed by atoms with Gasteiger partial charge in [-0.25, -0.2) is 5.48 Å². The number of amides is 1. The number of nitrogens with two attached hydrogens (primary N) is 1. The molecule has 94 valence electrons. The average Bonchev–Trinajstić information content (AvgIpc) is 2.36. The van der Waals surface area contributed by atoms with E-state index >= 15 is 0 Å². The lowest BCUT2D eigenvalue weighted by Gasteiger charge is -2.06. The molecular formula is C12H18N2O3. The molecule has 0 fully saturated rings. The molecule has 0 radical (unpaired) electrons. The Morgan fingerprint density at radius 2 is 2.00 bits per heavy atom. The van der Waals surface area contributed by atoms with Gasteiger partial charge < -0.3 is 10.5 Å². The molecule has 0 atom stereocenters. The largest absolute Gasteiger partial charge is 0.382 e. The van der Waals surface area contributed by atoms with Gasteiger partial charge in [0.15, 0.2) is 0 Å².